The number of nitrogens with zero attached hydrogens (tertiary/aromatic N) is 1. The first-order valence-electron chi connectivity index (χ1n) is 6.65. The second-order valence-electron chi connectivity index (χ2n) is 4.93. The highest BCUT2D eigenvalue weighted by Crippen LogP contribution is 2.24. The highest BCUT2D eigenvalue weighted by molar-refractivity contribution is 7.89. The molecule has 0 aliphatic carbocycles. The minimum absolute atomic E-state index is 0.00341. The molecule has 118 valence electrons. The molecule has 0 aliphatic rings. The Morgan fingerprint density at radius 3 is 2.48 bits per heavy atom. The predicted molar refractivity (Wildman–Crippen MR) is 81.1 cm³/mol. The summed E-state index contributed by atoms with van der Waals surface area (Å²) in [5.74, 6) is -0.00878. The van der Waals surface area contributed by atoms with Gasteiger partial charge in [0, 0.05) is 20.1 Å². The molecule has 0 fully saturated rings. The van der Waals surface area contributed by atoms with E-state index in [0.717, 1.165) is 10.7 Å². The van der Waals surface area contributed by atoms with Crippen LogP contribution in [0.3, 0.4) is 0 Å². The van der Waals surface area contributed by atoms with Crippen molar-refractivity contribution in [2.75, 3.05) is 21.2 Å². The van der Waals surface area contributed by atoms with Gasteiger partial charge in [-0.15, -0.1) is 0 Å². The van der Waals surface area contributed by atoms with Crippen LogP contribution in [0.2, 0.25) is 0 Å². The summed E-state index contributed by atoms with van der Waals surface area (Å²) in [6.45, 7) is 3.83. The van der Waals surface area contributed by atoms with Crippen LogP contribution in [0, 0.1) is 0 Å². The van der Waals surface area contributed by atoms with Gasteiger partial charge < -0.3 is 10.1 Å². The van der Waals surface area contributed by atoms with Gasteiger partial charge in [-0.25, -0.2) is 12.7 Å². The molecule has 1 N–H and O–H groups in total. The molecule has 6 nitrogen and oxygen atoms in total. The number of ether oxygens (including phenoxy) is 1. The second kappa shape index (κ2) is 6.91. The average molecular weight is 314 g/mol. The Labute approximate surface area is 126 Å². The summed E-state index contributed by atoms with van der Waals surface area (Å²) >= 11 is 0. The zero-order chi connectivity index (χ0) is 16.2. The lowest BCUT2D eigenvalue weighted by Gasteiger charge is -2.16. The lowest BCUT2D eigenvalue weighted by Crippen LogP contribution is -2.32. The quantitative estimate of drug-likeness (QED) is 0.863. The predicted octanol–water partition coefficient (Wildman–Crippen LogP) is 1.47. The van der Waals surface area contributed by atoms with Gasteiger partial charge in [-0.2, -0.15) is 0 Å². The molecule has 0 radical (unpaired) electrons. The van der Waals surface area contributed by atoms with Crippen LogP contribution in [0.25, 0.3) is 0 Å². The van der Waals surface area contributed by atoms with Crippen molar-refractivity contribution in [3.8, 4) is 5.75 Å². The normalized spacial score (nSPS) is 13.0. The Hall–Kier alpha value is -1.60. The average Bonchev–Trinajstić information content (AvgIpc) is 2.45. The SMILES string of the molecule is CC[C@@H](C)NC(=O)c1cc(S(=O)(=O)N(C)C)ccc1OC. The fourth-order valence-corrected chi connectivity index (χ4v) is 2.57. The Morgan fingerprint density at radius 1 is 1.38 bits per heavy atom. The number of carbonyl (C=O) groups is 1. The molecule has 0 aliphatic heterocycles. The zero-order valence-corrected chi connectivity index (χ0v) is 13.8. The number of hydrogen-bond acceptors (Lipinski definition) is 4. The molecule has 0 heterocycles. The van der Waals surface area contributed by atoms with E-state index in [1.165, 1.54) is 39.4 Å². The van der Waals surface area contributed by atoms with E-state index in [1.54, 1.807) is 0 Å². The molecule has 1 amide bonds. The smallest absolute Gasteiger partial charge is 0.255 e. The van der Waals surface area contributed by atoms with E-state index in [-0.39, 0.29) is 22.4 Å². The van der Waals surface area contributed by atoms with E-state index in [9.17, 15) is 13.2 Å². The molecule has 1 rings (SSSR count). The number of amides is 1. The van der Waals surface area contributed by atoms with Crippen molar-refractivity contribution < 1.29 is 17.9 Å². The summed E-state index contributed by atoms with van der Waals surface area (Å²) in [6.07, 6.45) is 0.781. The van der Waals surface area contributed by atoms with Crippen molar-refractivity contribution in [1.82, 2.24) is 9.62 Å². The summed E-state index contributed by atoms with van der Waals surface area (Å²) < 4.78 is 30.5. The van der Waals surface area contributed by atoms with Crippen molar-refractivity contribution >= 4 is 15.9 Å². The third kappa shape index (κ3) is 3.95. The van der Waals surface area contributed by atoms with Gasteiger partial charge in [0.15, 0.2) is 0 Å². The van der Waals surface area contributed by atoms with E-state index in [0.29, 0.717) is 5.75 Å². The summed E-state index contributed by atoms with van der Waals surface area (Å²) in [6, 6.07) is 4.25. The molecule has 1 aromatic rings. The Balaban J connectivity index is 3.27. The molecule has 1 aromatic carbocycles. The van der Waals surface area contributed by atoms with Gasteiger partial charge >= 0.3 is 0 Å². The van der Waals surface area contributed by atoms with Crippen molar-refractivity contribution in [1.29, 1.82) is 0 Å². The van der Waals surface area contributed by atoms with Crippen LogP contribution in [0.1, 0.15) is 30.6 Å². The Morgan fingerprint density at radius 2 is 2.00 bits per heavy atom. The molecule has 7 heteroatoms. The molecule has 0 saturated heterocycles. The van der Waals surface area contributed by atoms with Crippen molar-refractivity contribution in [3.63, 3.8) is 0 Å². The number of benzene rings is 1. The van der Waals surface area contributed by atoms with Crippen LogP contribution in [-0.2, 0) is 10.0 Å². The summed E-state index contributed by atoms with van der Waals surface area (Å²) in [7, 11) is 0.732. The van der Waals surface area contributed by atoms with E-state index >= 15 is 0 Å². The highest BCUT2D eigenvalue weighted by Gasteiger charge is 2.22. The zero-order valence-electron chi connectivity index (χ0n) is 13.0. The molecule has 0 aromatic heterocycles. The summed E-state index contributed by atoms with van der Waals surface area (Å²) in [4.78, 5) is 12.3. The second-order valence-corrected chi connectivity index (χ2v) is 7.08. The third-order valence-corrected chi connectivity index (χ3v) is 5.00. The van der Waals surface area contributed by atoms with Gasteiger partial charge in [0.2, 0.25) is 10.0 Å². The van der Waals surface area contributed by atoms with Crippen LogP contribution in [0.5, 0.6) is 5.75 Å². The monoisotopic (exact) mass is 314 g/mol. The molecule has 21 heavy (non-hydrogen) atoms. The standard InChI is InChI=1S/C14H22N2O4S/c1-6-10(2)15-14(17)12-9-11(7-8-13(12)20-5)21(18,19)16(3)4/h7-10H,6H2,1-5H3,(H,15,17)/t10-/m1/s1. The highest BCUT2D eigenvalue weighted by atomic mass is 32.2. The van der Waals surface area contributed by atoms with Gasteiger partial charge in [-0.05, 0) is 31.5 Å². The molecular formula is C14H22N2O4S. The molecule has 1 atom stereocenters. The lowest BCUT2D eigenvalue weighted by atomic mass is 10.1. The molecule has 0 bridgehead atoms. The maximum atomic E-state index is 12.2. The van der Waals surface area contributed by atoms with E-state index in [4.69, 9.17) is 4.74 Å². The summed E-state index contributed by atoms with van der Waals surface area (Å²) in [5, 5.41) is 2.80. The minimum atomic E-state index is -3.59. The van der Waals surface area contributed by atoms with E-state index < -0.39 is 10.0 Å². The Bertz CT molecular complexity index is 611. The first-order valence-corrected chi connectivity index (χ1v) is 8.09. The van der Waals surface area contributed by atoms with Crippen LogP contribution in [-0.4, -0.2) is 45.9 Å². The first kappa shape index (κ1) is 17.5. The fraction of sp³-hybridized carbons (Fsp3) is 0.500. The maximum Gasteiger partial charge on any atom is 0.255 e. The van der Waals surface area contributed by atoms with Gasteiger partial charge in [0.1, 0.15) is 5.75 Å². The number of nitrogens with one attached hydrogen (secondary N) is 1. The minimum Gasteiger partial charge on any atom is -0.496 e. The number of hydrogen-bond donors (Lipinski definition) is 1. The molecule has 0 unspecified atom stereocenters. The van der Waals surface area contributed by atoms with E-state index in [1.807, 2.05) is 13.8 Å². The number of carbonyl (C=O) groups excluding carboxylic acids is 1. The van der Waals surface area contributed by atoms with Gasteiger partial charge in [-0.1, -0.05) is 6.92 Å². The van der Waals surface area contributed by atoms with E-state index in [2.05, 4.69) is 5.32 Å². The van der Waals surface area contributed by atoms with Crippen molar-refractivity contribution in [2.24, 2.45) is 0 Å². The fourth-order valence-electron chi connectivity index (χ4n) is 1.64. The number of methoxy groups -OCH3 is 1. The first-order chi connectivity index (χ1) is 9.73. The van der Waals surface area contributed by atoms with Crippen molar-refractivity contribution in [3.05, 3.63) is 23.8 Å². The maximum absolute atomic E-state index is 12.2. The van der Waals surface area contributed by atoms with Gasteiger partial charge in [0.25, 0.3) is 5.91 Å². The van der Waals surface area contributed by atoms with Crippen molar-refractivity contribution in [2.45, 2.75) is 31.2 Å². The van der Waals surface area contributed by atoms with Gasteiger partial charge in [-0.3, -0.25) is 4.79 Å². The van der Waals surface area contributed by atoms with Gasteiger partial charge in [0.05, 0.1) is 17.6 Å². The Kier molecular flexibility index (Phi) is 5.74. The third-order valence-electron chi connectivity index (χ3n) is 3.18. The topological polar surface area (TPSA) is 75.7 Å². The van der Waals surface area contributed by atoms with Crippen LogP contribution >= 0.6 is 0 Å². The number of rotatable bonds is 6. The molecule has 0 saturated carbocycles. The molecular weight excluding hydrogens is 292 g/mol. The van der Waals surface area contributed by atoms with Crippen LogP contribution < -0.4 is 10.1 Å². The van der Waals surface area contributed by atoms with Crippen LogP contribution in [0.4, 0.5) is 0 Å². The lowest BCUT2D eigenvalue weighted by molar-refractivity contribution is 0.0936. The number of sulfonamides is 1. The largest absolute Gasteiger partial charge is 0.496 e. The summed E-state index contributed by atoms with van der Waals surface area (Å²) in [5.41, 5.74) is 0.209. The molecule has 0 spiro atoms. The van der Waals surface area contributed by atoms with Crippen LogP contribution in [0.15, 0.2) is 23.1 Å².